The number of nitrogens with one attached hydrogen (secondary N) is 1. The zero-order valence-corrected chi connectivity index (χ0v) is 22.3. The van der Waals surface area contributed by atoms with Crippen molar-refractivity contribution in [1.82, 2.24) is 5.32 Å². The molecule has 0 aliphatic carbocycles. The molecule has 3 N–H and O–H groups in total. The van der Waals surface area contributed by atoms with Crippen molar-refractivity contribution in [3.63, 3.8) is 0 Å². The van der Waals surface area contributed by atoms with Crippen molar-refractivity contribution in [3.05, 3.63) is 0 Å². The van der Waals surface area contributed by atoms with Crippen LogP contribution in [0.4, 0.5) is 0 Å². The molecule has 0 aliphatic heterocycles. The number of rotatable bonds is 24. The summed E-state index contributed by atoms with van der Waals surface area (Å²) in [5.41, 5.74) is 0. The summed E-state index contributed by atoms with van der Waals surface area (Å²) in [7, 11) is -4.28. The molecule has 0 fully saturated rings. The first-order valence-electron chi connectivity index (χ1n) is 13.7. The summed E-state index contributed by atoms with van der Waals surface area (Å²) in [4.78, 5) is 12.3. The van der Waals surface area contributed by atoms with E-state index < -0.39 is 28.0 Å². The van der Waals surface area contributed by atoms with Crippen LogP contribution in [-0.4, -0.2) is 41.9 Å². The van der Waals surface area contributed by atoms with Gasteiger partial charge in [-0.25, -0.2) is 0 Å². The van der Waals surface area contributed by atoms with Gasteiger partial charge >= 0.3 is 0 Å². The Bertz CT molecular complexity index is 553. The lowest BCUT2D eigenvalue weighted by atomic mass is 10.0. The van der Waals surface area contributed by atoms with E-state index >= 15 is 0 Å². The molecule has 7 heteroatoms. The van der Waals surface area contributed by atoms with Crippen LogP contribution in [0, 0.1) is 0 Å². The molecule has 0 aliphatic rings. The number of amides is 1. The first-order chi connectivity index (χ1) is 15.8. The van der Waals surface area contributed by atoms with Crippen molar-refractivity contribution >= 4 is 16.0 Å². The fraction of sp³-hybridized carbons (Fsp3) is 0.962. The Morgan fingerprint density at radius 1 is 0.697 bits per heavy atom. The average molecular weight is 492 g/mol. The van der Waals surface area contributed by atoms with Crippen LogP contribution in [0.2, 0.25) is 0 Å². The van der Waals surface area contributed by atoms with Crippen LogP contribution in [0.1, 0.15) is 142 Å². The molecule has 0 saturated heterocycles. The lowest BCUT2D eigenvalue weighted by molar-refractivity contribution is -0.122. The molecule has 0 heterocycles. The molecule has 0 saturated carbocycles. The molecule has 2 unspecified atom stereocenters. The second kappa shape index (κ2) is 21.8. The van der Waals surface area contributed by atoms with Crippen molar-refractivity contribution in [1.29, 1.82) is 0 Å². The quantitative estimate of drug-likeness (QED) is 0.105. The van der Waals surface area contributed by atoms with Crippen molar-refractivity contribution < 1.29 is 22.9 Å². The normalized spacial score (nSPS) is 13.7. The van der Waals surface area contributed by atoms with Gasteiger partial charge in [-0.2, -0.15) is 8.42 Å². The number of unbranched alkanes of at least 4 members (excludes halogenated alkanes) is 16. The Balaban J connectivity index is 4.09. The first kappa shape index (κ1) is 32.3. The fourth-order valence-corrected chi connectivity index (χ4v) is 4.98. The van der Waals surface area contributed by atoms with Crippen LogP contribution in [0.5, 0.6) is 0 Å². The average Bonchev–Trinajstić information content (AvgIpc) is 2.75. The summed E-state index contributed by atoms with van der Waals surface area (Å²) in [6.45, 7) is 4.42. The van der Waals surface area contributed by atoms with E-state index in [0.29, 0.717) is 12.8 Å². The molecule has 198 valence electrons. The van der Waals surface area contributed by atoms with Gasteiger partial charge in [-0.3, -0.25) is 9.35 Å². The summed E-state index contributed by atoms with van der Waals surface area (Å²) < 4.78 is 32.0. The summed E-state index contributed by atoms with van der Waals surface area (Å²) in [6, 6.07) is -0.958. The van der Waals surface area contributed by atoms with Gasteiger partial charge in [-0.15, -0.1) is 0 Å². The Hall–Kier alpha value is -0.660. The van der Waals surface area contributed by atoms with Crippen LogP contribution in [0.3, 0.4) is 0 Å². The largest absolute Gasteiger partial charge is 0.391 e. The summed E-state index contributed by atoms with van der Waals surface area (Å²) in [6.07, 6.45) is 20.6. The third-order valence-electron chi connectivity index (χ3n) is 6.31. The molecule has 0 radical (unpaired) electrons. The maximum Gasteiger partial charge on any atom is 0.266 e. The van der Waals surface area contributed by atoms with Crippen molar-refractivity contribution in [2.75, 3.05) is 5.75 Å². The molecular weight excluding hydrogens is 438 g/mol. The molecule has 2 atom stereocenters. The molecular formula is C26H53NO5S. The highest BCUT2D eigenvalue weighted by Crippen LogP contribution is 2.14. The van der Waals surface area contributed by atoms with Crippen LogP contribution >= 0.6 is 0 Å². The van der Waals surface area contributed by atoms with Gasteiger partial charge in [0, 0.05) is 6.42 Å². The Labute approximate surface area is 204 Å². The first-order valence-corrected chi connectivity index (χ1v) is 15.3. The smallest absolute Gasteiger partial charge is 0.266 e. The van der Waals surface area contributed by atoms with Gasteiger partial charge in [0.25, 0.3) is 10.1 Å². The summed E-state index contributed by atoms with van der Waals surface area (Å²) in [5.74, 6) is -0.896. The van der Waals surface area contributed by atoms with Gasteiger partial charge in [0.1, 0.15) is 0 Å². The highest BCUT2D eigenvalue weighted by atomic mass is 32.2. The maximum atomic E-state index is 12.3. The molecule has 33 heavy (non-hydrogen) atoms. The predicted molar refractivity (Wildman–Crippen MR) is 138 cm³/mol. The van der Waals surface area contributed by atoms with E-state index in [2.05, 4.69) is 19.2 Å². The van der Waals surface area contributed by atoms with Crippen LogP contribution in [0.25, 0.3) is 0 Å². The zero-order chi connectivity index (χ0) is 24.8. The van der Waals surface area contributed by atoms with E-state index in [4.69, 9.17) is 0 Å². The Kier molecular flexibility index (Phi) is 21.4. The summed E-state index contributed by atoms with van der Waals surface area (Å²) in [5, 5.41) is 13.1. The molecule has 0 aromatic rings. The molecule has 0 rings (SSSR count). The van der Waals surface area contributed by atoms with Crippen LogP contribution < -0.4 is 5.32 Å². The lowest BCUT2D eigenvalue weighted by Gasteiger charge is -2.23. The third kappa shape index (κ3) is 22.9. The van der Waals surface area contributed by atoms with Gasteiger partial charge in [-0.05, 0) is 12.8 Å². The van der Waals surface area contributed by atoms with Crippen molar-refractivity contribution in [2.45, 2.75) is 154 Å². The molecule has 0 bridgehead atoms. The Morgan fingerprint density at radius 2 is 1.09 bits per heavy atom. The van der Waals surface area contributed by atoms with Gasteiger partial charge in [0.15, 0.2) is 0 Å². The second-order valence-electron chi connectivity index (χ2n) is 9.69. The highest BCUT2D eigenvalue weighted by molar-refractivity contribution is 7.85. The van der Waals surface area contributed by atoms with E-state index in [-0.39, 0.29) is 5.91 Å². The number of hydrogen-bond donors (Lipinski definition) is 3. The zero-order valence-electron chi connectivity index (χ0n) is 21.5. The van der Waals surface area contributed by atoms with Gasteiger partial charge in [-0.1, -0.05) is 123 Å². The highest BCUT2D eigenvalue weighted by Gasteiger charge is 2.25. The van der Waals surface area contributed by atoms with Crippen LogP contribution in [-0.2, 0) is 14.9 Å². The molecule has 1 amide bonds. The van der Waals surface area contributed by atoms with Gasteiger partial charge in [0.05, 0.1) is 17.9 Å². The van der Waals surface area contributed by atoms with E-state index in [1.807, 2.05) is 0 Å². The van der Waals surface area contributed by atoms with E-state index in [1.54, 1.807) is 0 Å². The standard InChI is InChI=1S/C26H53NO5S/c1-3-5-7-9-11-13-15-17-19-21-25(28)24(23-33(30,31)32)27-26(29)22-20-18-16-14-12-10-8-6-4-2/h24-25,28H,3-23H2,1-2H3,(H,27,29)(H,30,31,32). The maximum absolute atomic E-state index is 12.3. The van der Waals surface area contributed by atoms with Crippen molar-refractivity contribution in [3.8, 4) is 0 Å². The number of aliphatic hydroxyl groups is 1. The monoisotopic (exact) mass is 491 g/mol. The number of hydrogen-bond acceptors (Lipinski definition) is 4. The fourth-order valence-electron chi connectivity index (χ4n) is 4.22. The Morgan fingerprint density at radius 3 is 1.52 bits per heavy atom. The minimum Gasteiger partial charge on any atom is -0.391 e. The number of carbonyl (C=O) groups is 1. The number of aliphatic hydroxyl groups excluding tert-OH is 1. The second-order valence-corrected chi connectivity index (χ2v) is 11.2. The minimum atomic E-state index is -4.28. The lowest BCUT2D eigenvalue weighted by Crippen LogP contribution is -2.47. The molecule has 0 aromatic heterocycles. The van der Waals surface area contributed by atoms with E-state index in [1.165, 1.54) is 77.0 Å². The van der Waals surface area contributed by atoms with Crippen molar-refractivity contribution in [2.24, 2.45) is 0 Å². The minimum absolute atomic E-state index is 0.252. The van der Waals surface area contributed by atoms with E-state index in [9.17, 15) is 22.9 Å². The van der Waals surface area contributed by atoms with E-state index in [0.717, 1.165) is 38.5 Å². The SMILES string of the molecule is CCCCCCCCCCCC(=O)NC(CS(=O)(=O)O)C(O)CCCCCCCCCCC. The van der Waals surface area contributed by atoms with Gasteiger partial charge < -0.3 is 10.4 Å². The molecule has 0 spiro atoms. The third-order valence-corrected chi connectivity index (χ3v) is 7.09. The number of carbonyl (C=O) groups excluding carboxylic acids is 1. The summed E-state index contributed by atoms with van der Waals surface area (Å²) >= 11 is 0. The predicted octanol–water partition coefficient (Wildman–Crippen LogP) is 6.56. The molecule has 0 aromatic carbocycles. The molecule has 6 nitrogen and oxygen atoms in total. The van der Waals surface area contributed by atoms with Crippen LogP contribution in [0.15, 0.2) is 0 Å². The van der Waals surface area contributed by atoms with Gasteiger partial charge in [0.2, 0.25) is 5.91 Å². The topological polar surface area (TPSA) is 104 Å².